The molecule has 7 nitrogen and oxygen atoms in total. The van der Waals surface area contributed by atoms with Gasteiger partial charge in [-0.2, -0.15) is 0 Å². The van der Waals surface area contributed by atoms with Crippen LogP contribution in [0.15, 0.2) is 48.5 Å². The summed E-state index contributed by atoms with van der Waals surface area (Å²) in [6, 6.07) is 13.5. The molecule has 0 unspecified atom stereocenters. The summed E-state index contributed by atoms with van der Waals surface area (Å²) in [4.78, 5) is 40.5. The Hall–Kier alpha value is -3.00. The first-order chi connectivity index (χ1) is 15.2. The van der Waals surface area contributed by atoms with E-state index in [4.69, 9.17) is 4.74 Å². The Kier molecular flexibility index (Phi) is 5.90. The average molecular weight is 454 g/mol. The maximum absolute atomic E-state index is 13.2. The summed E-state index contributed by atoms with van der Waals surface area (Å²) in [5.41, 5.74) is 2.51. The zero-order valence-corrected chi connectivity index (χ0v) is 19.4. The van der Waals surface area contributed by atoms with Crippen LogP contribution < -0.4 is 15.4 Å². The van der Waals surface area contributed by atoms with Crippen LogP contribution in [0.2, 0.25) is 0 Å². The number of carbonyl (C=O) groups excluding carboxylic acids is 3. The molecule has 3 amide bonds. The number of hydrogen-bond acceptors (Lipinski definition) is 5. The Bertz CT molecular complexity index is 1050. The first-order valence-corrected chi connectivity index (χ1v) is 11.4. The van der Waals surface area contributed by atoms with Crippen LogP contribution in [0.5, 0.6) is 5.75 Å². The summed E-state index contributed by atoms with van der Waals surface area (Å²) < 4.78 is 4.65. The number of rotatable bonds is 6. The highest BCUT2D eigenvalue weighted by Crippen LogP contribution is 2.56. The number of amides is 3. The van der Waals surface area contributed by atoms with E-state index in [1.54, 1.807) is 36.8 Å². The lowest BCUT2D eigenvalue weighted by atomic mass is 10.0. The highest BCUT2D eigenvalue weighted by Gasteiger charge is 2.57. The average Bonchev–Trinajstić information content (AvgIpc) is 3.21. The molecule has 0 saturated carbocycles. The highest BCUT2D eigenvalue weighted by atomic mass is 32.2. The van der Waals surface area contributed by atoms with E-state index < -0.39 is 16.8 Å². The number of carbonyl (C=O) groups is 3. The molecule has 3 atom stereocenters. The van der Waals surface area contributed by atoms with E-state index in [1.165, 1.54) is 0 Å². The molecule has 0 aliphatic carbocycles. The van der Waals surface area contributed by atoms with Crippen LogP contribution in [0.25, 0.3) is 0 Å². The third-order valence-electron chi connectivity index (χ3n) is 5.92. The van der Waals surface area contributed by atoms with Crippen molar-refractivity contribution >= 4 is 29.5 Å². The van der Waals surface area contributed by atoms with Crippen LogP contribution in [0.1, 0.15) is 47.6 Å². The molecule has 2 N–H and O–H groups in total. The number of fused-ring (bicyclic) bond motifs is 3. The van der Waals surface area contributed by atoms with Crippen molar-refractivity contribution < 1.29 is 19.1 Å². The number of benzene rings is 2. The second-order valence-electron chi connectivity index (χ2n) is 8.57. The molecule has 0 aromatic heterocycles. The minimum atomic E-state index is -0.735. The van der Waals surface area contributed by atoms with E-state index in [9.17, 15) is 14.4 Å². The predicted octanol–water partition coefficient (Wildman–Crippen LogP) is 2.86. The minimum absolute atomic E-state index is 0.138. The first kappa shape index (κ1) is 22.2. The van der Waals surface area contributed by atoms with Crippen molar-refractivity contribution in [2.45, 2.75) is 49.5 Å². The SMILES string of the molecule is COc1ccc(CNC(=O)[C@H](C)NC(=O)[C@H]2N3C(=O)c4ccccc4[C@@H]3SC2(C)C)cc1. The van der Waals surface area contributed by atoms with Gasteiger partial charge in [-0.3, -0.25) is 14.4 Å². The number of hydrogen-bond donors (Lipinski definition) is 2. The quantitative estimate of drug-likeness (QED) is 0.702. The molecule has 2 aromatic rings. The van der Waals surface area contributed by atoms with Gasteiger partial charge in [-0.05, 0) is 50.1 Å². The van der Waals surface area contributed by atoms with Gasteiger partial charge >= 0.3 is 0 Å². The zero-order chi connectivity index (χ0) is 23.0. The molecule has 2 aliphatic heterocycles. The molecule has 2 aliphatic rings. The lowest BCUT2D eigenvalue weighted by Gasteiger charge is -2.30. The van der Waals surface area contributed by atoms with Crippen molar-refractivity contribution in [2.75, 3.05) is 7.11 Å². The van der Waals surface area contributed by atoms with Gasteiger partial charge in [0.1, 0.15) is 23.2 Å². The van der Waals surface area contributed by atoms with Gasteiger partial charge in [0.05, 0.1) is 7.11 Å². The summed E-state index contributed by atoms with van der Waals surface area (Å²) in [6.45, 7) is 5.92. The Balaban J connectivity index is 1.41. The van der Waals surface area contributed by atoms with E-state index in [0.29, 0.717) is 12.1 Å². The first-order valence-electron chi connectivity index (χ1n) is 10.5. The molecule has 4 rings (SSSR count). The van der Waals surface area contributed by atoms with Crippen LogP contribution in [-0.4, -0.2) is 46.6 Å². The third kappa shape index (κ3) is 3.95. The van der Waals surface area contributed by atoms with E-state index in [0.717, 1.165) is 16.9 Å². The molecule has 2 heterocycles. The zero-order valence-electron chi connectivity index (χ0n) is 18.5. The van der Waals surface area contributed by atoms with E-state index in [2.05, 4.69) is 10.6 Å². The fourth-order valence-corrected chi connectivity index (χ4v) is 5.84. The molecule has 1 saturated heterocycles. The number of methoxy groups -OCH3 is 1. The molecular weight excluding hydrogens is 426 g/mol. The Morgan fingerprint density at radius 1 is 1.16 bits per heavy atom. The van der Waals surface area contributed by atoms with Crippen molar-refractivity contribution in [1.29, 1.82) is 0 Å². The van der Waals surface area contributed by atoms with E-state index in [-0.39, 0.29) is 23.1 Å². The van der Waals surface area contributed by atoms with Gasteiger partial charge in [0.15, 0.2) is 0 Å². The Morgan fingerprint density at radius 2 is 1.84 bits per heavy atom. The van der Waals surface area contributed by atoms with Crippen LogP contribution in [-0.2, 0) is 16.1 Å². The highest BCUT2D eigenvalue weighted by molar-refractivity contribution is 8.01. The Labute approximate surface area is 191 Å². The largest absolute Gasteiger partial charge is 0.497 e. The van der Waals surface area contributed by atoms with Crippen molar-refractivity contribution in [2.24, 2.45) is 0 Å². The molecule has 2 aromatic carbocycles. The minimum Gasteiger partial charge on any atom is -0.497 e. The topological polar surface area (TPSA) is 87.7 Å². The molecule has 1 fully saturated rings. The number of thioether (sulfide) groups is 1. The molecular formula is C24H27N3O4S. The molecule has 168 valence electrons. The third-order valence-corrected chi connectivity index (χ3v) is 7.46. The normalized spacial score (nSPS) is 21.5. The monoisotopic (exact) mass is 453 g/mol. The molecule has 8 heteroatoms. The van der Waals surface area contributed by atoms with E-state index in [1.807, 2.05) is 56.3 Å². The molecule has 0 spiro atoms. The standard InChI is InChI=1S/C24H27N3O4S/c1-14(20(28)25-13-15-9-11-16(31-4)12-10-15)26-21(29)19-24(2,3)32-23-18-8-6-5-7-17(18)22(30)27(19)23/h5-12,14,19,23H,13H2,1-4H3,(H,25,28)(H,26,29)/t14-,19+,23-/m0/s1. The number of nitrogens with one attached hydrogen (secondary N) is 2. The summed E-state index contributed by atoms with van der Waals surface area (Å²) in [5.74, 6) is -0.00133. The molecule has 32 heavy (non-hydrogen) atoms. The van der Waals surface area contributed by atoms with Gasteiger partial charge < -0.3 is 20.3 Å². The van der Waals surface area contributed by atoms with Crippen molar-refractivity contribution in [3.63, 3.8) is 0 Å². The van der Waals surface area contributed by atoms with E-state index >= 15 is 0 Å². The van der Waals surface area contributed by atoms with Gasteiger partial charge in [-0.25, -0.2) is 0 Å². The summed E-state index contributed by atoms with van der Waals surface area (Å²) in [6.07, 6.45) is 0. The van der Waals surface area contributed by atoms with Gasteiger partial charge in [-0.15, -0.1) is 11.8 Å². The van der Waals surface area contributed by atoms with Gasteiger partial charge in [0, 0.05) is 16.9 Å². The maximum Gasteiger partial charge on any atom is 0.256 e. The number of nitrogens with zero attached hydrogens (tertiary/aromatic N) is 1. The van der Waals surface area contributed by atoms with Gasteiger partial charge in [0.25, 0.3) is 5.91 Å². The Morgan fingerprint density at radius 3 is 2.53 bits per heavy atom. The van der Waals surface area contributed by atoms with Crippen molar-refractivity contribution in [1.82, 2.24) is 15.5 Å². The fraction of sp³-hybridized carbons (Fsp3) is 0.375. The number of ether oxygens (including phenoxy) is 1. The molecule has 0 bridgehead atoms. The van der Waals surface area contributed by atoms with Crippen LogP contribution >= 0.6 is 11.8 Å². The molecule has 0 radical (unpaired) electrons. The lowest BCUT2D eigenvalue weighted by molar-refractivity contribution is -0.131. The summed E-state index contributed by atoms with van der Waals surface area (Å²) >= 11 is 1.60. The van der Waals surface area contributed by atoms with Crippen LogP contribution in [0.4, 0.5) is 0 Å². The second kappa shape index (κ2) is 8.50. The summed E-state index contributed by atoms with van der Waals surface area (Å²) in [5, 5.41) is 5.46. The van der Waals surface area contributed by atoms with Crippen LogP contribution in [0, 0.1) is 0 Å². The van der Waals surface area contributed by atoms with Gasteiger partial charge in [-0.1, -0.05) is 30.3 Å². The fourth-order valence-electron chi connectivity index (χ4n) is 4.25. The summed E-state index contributed by atoms with van der Waals surface area (Å²) in [7, 11) is 1.60. The van der Waals surface area contributed by atoms with Crippen LogP contribution in [0.3, 0.4) is 0 Å². The van der Waals surface area contributed by atoms with Crippen molar-refractivity contribution in [3.8, 4) is 5.75 Å². The predicted molar refractivity (Wildman–Crippen MR) is 123 cm³/mol. The maximum atomic E-state index is 13.2. The van der Waals surface area contributed by atoms with Gasteiger partial charge in [0.2, 0.25) is 11.8 Å². The van der Waals surface area contributed by atoms with Crippen molar-refractivity contribution in [3.05, 3.63) is 65.2 Å². The smallest absolute Gasteiger partial charge is 0.256 e. The lowest BCUT2D eigenvalue weighted by Crippen LogP contribution is -2.56. The second-order valence-corrected chi connectivity index (χ2v) is 10.3.